The number of carbonyl (C=O) groups is 1. The molecule has 0 aliphatic heterocycles. The van der Waals surface area contributed by atoms with Crippen LogP contribution in [0.5, 0.6) is 0 Å². The normalized spacial score (nSPS) is 11.6. The van der Waals surface area contributed by atoms with Gasteiger partial charge in [0.1, 0.15) is 5.65 Å². The molecule has 0 atom stereocenters. The molecule has 0 fully saturated rings. The van der Waals surface area contributed by atoms with E-state index in [2.05, 4.69) is 14.7 Å². The van der Waals surface area contributed by atoms with Crippen LogP contribution < -0.4 is 4.72 Å². The topological polar surface area (TPSA) is 91.9 Å². The lowest BCUT2D eigenvalue weighted by Gasteiger charge is -2.10. The minimum absolute atomic E-state index is 0.0197. The summed E-state index contributed by atoms with van der Waals surface area (Å²) in [5.74, 6) is -0.197. The quantitative estimate of drug-likeness (QED) is 0.347. The van der Waals surface area contributed by atoms with E-state index in [1.165, 1.54) is 0 Å². The summed E-state index contributed by atoms with van der Waals surface area (Å²) in [6.45, 7) is 3.62. The molecular formula is C24H22ClN3O3S. The summed E-state index contributed by atoms with van der Waals surface area (Å²) in [4.78, 5) is 20.9. The van der Waals surface area contributed by atoms with Gasteiger partial charge >= 0.3 is 0 Å². The highest BCUT2D eigenvalue weighted by Crippen LogP contribution is 2.28. The maximum Gasteiger partial charge on any atom is 0.232 e. The molecule has 4 aromatic rings. The lowest BCUT2D eigenvalue weighted by atomic mass is 9.99. The van der Waals surface area contributed by atoms with Gasteiger partial charge in [0.2, 0.25) is 10.0 Å². The van der Waals surface area contributed by atoms with Crippen molar-refractivity contribution in [1.82, 2.24) is 9.97 Å². The van der Waals surface area contributed by atoms with Crippen LogP contribution in [0.1, 0.15) is 34.8 Å². The molecular weight excluding hydrogens is 446 g/mol. The number of pyridine rings is 1. The number of nitrogens with one attached hydrogen (secondary N) is 2. The monoisotopic (exact) mass is 467 g/mol. The summed E-state index contributed by atoms with van der Waals surface area (Å²) in [6, 6.07) is 14.3. The van der Waals surface area contributed by atoms with Crippen LogP contribution >= 0.6 is 11.6 Å². The highest BCUT2D eigenvalue weighted by molar-refractivity contribution is 7.92. The number of H-pyrrole nitrogens is 1. The number of hydrogen-bond acceptors (Lipinski definition) is 4. The summed E-state index contributed by atoms with van der Waals surface area (Å²) in [6.07, 6.45) is 3.88. The Morgan fingerprint density at radius 2 is 1.84 bits per heavy atom. The van der Waals surface area contributed by atoms with E-state index < -0.39 is 10.0 Å². The number of aromatic nitrogens is 2. The lowest BCUT2D eigenvalue weighted by molar-refractivity contribution is 0.104. The number of anilines is 1. The van der Waals surface area contributed by atoms with E-state index in [-0.39, 0.29) is 11.5 Å². The maximum absolute atomic E-state index is 13.4. The van der Waals surface area contributed by atoms with Crippen LogP contribution in [0.3, 0.4) is 0 Å². The van der Waals surface area contributed by atoms with E-state index in [0.29, 0.717) is 39.3 Å². The number of rotatable bonds is 7. The summed E-state index contributed by atoms with van der Waals surface area (Å²) in [5.41, 5.74) is 4.42. The molecule has 6 nitrogen and oxygen atoms in total. The van der Waals surface area contributed by atoms with Crippen molar-refractivity contribution in [3.8, 4) is 11.1 Å². The SMILES string of the molecule is CCCS(=O)(=O)Nc1cc(C)cc(C(=O)c2c[nH]c3ncc(-c4ccc(Cl)cc4)cc23)c1. The predicted octanol–water partition coefficient (Wildman–Crippen LogP) is 5.57. The first-order valence-electron chi connectivity index (χ1n) is 10.2. The van der Waals surface area contributed by atoms with Crippen LogP contribution in [-0.4, -0.2) is 29.9 Å². The Hall–Kier alpha value is -3.16. The first kappa shape index (κ1) is 22.0. The Bertz CT molecular complexity index is 1410. The molecule has 2 aromatic heterocycles. The molecule has 2 heterocycles. The Kier molecular flexibility index (Phi) is 6.04. The van der Waals surface area contributed by atoms with Crippen molar-refractivity contribution in [3.63, 3.8) is 0 Å². The highest BCUT2D eigenvalue weighted by Gasteiger charge is 2.18. The summed E-state index contributed by atoms with van der Waals surface area (Å²) in [7, 11) is -3.46. The number of hydrogen-bond donors (Lipinski definition) is 2. The summed E-state index contributed by atoms with van der Waals surface area (Å²) in [5, 5.41) is 1.34. The van der Waals surface area contributed by atoms with E-state index in [1.54, 1.807) is 49.6 Å². The number of ketones is 1. The van der Waals surface area contributed by atoms with E-state index >= 15 is 0 Å². The van der Waals surface area contributed by atoms with Gasteiger partial charge in [-0.25, -0.2) is 13.4 Å². The van der Waals surface area contributed by atoms with Crippen LogP contribution in [0.4, 0.5) is 5.69 Å². The molecule has 2 N–H and O–H groups in total. The molecule has 0 saturated carbocycles. The minimum Gasteiger partial charge on any atom is -0.345 e. The highest BCUT2D eigenvalue weighted by atomic mass is 35.5. The average molecular weight is 468 g/mol. The fourth-order valence-corrected chi connectivity index (χ4v) is 4.86. The number of carbonyl (C=O) groups excluding carboxylic acids is 1. The first-order valence-corrected chi connectivity index (χ1v) is 12.2. The van der Waals surface area contributed by atoms with Crippen molar-refractivity contribution in [1.29, 1.82) is 0 Å². The molecule has 0 spiro atoms. The van der Waals surface area contributed by atoms with E-state index in [9.17, 15) is 13.2 Å². The van der Waals surface area contributed by atoms with Crippen molar-refractivity contribution in [3.05, 3.63) is 82.6 Å². The molecule has 164 valence electrons. The van der Waals surface area contributed by atoms with Gasteiger partial charge in [0.25, 0.3) is 0 Å². The van der Waals surface area contributed by atoms with Gasteiger partial charge in [-0.3, -0.25) is 9.52 Å². The second-order valence-corrected chi connectivity index (χ2v) is 9.95. The van der Waals surface area contributed by atoms with Crippen LogP contribution in [0.25, 0.3) is 22.2 Å². The molecule has 4 rings (SSSR count). The predicted molar refractivity (Wildman–Crippen MR) is 129 cm³/mol. The van der Waals surface area contributed by atoms with Crippen molar-refractivity contribution in [2.24, 2.45) is 0 Å². The molecule has 0 radical (unpaired) electrons. The van der Waals surface area contributed by atoms with E-state index in [4.69, 9.17) is 11.6 Å². The molecule has 0 aliphatic carbocycles. The second-order valence-electron chi connectivity index (χ2n) is 7.67. The lowest BCUT2D eigenvalue weighted by Crippen LogP contribution is -2.16. The van der Waals surface area contributed by atoms with Crippen LogP contribution in [0, 0.1) is 6.92 Å². The third kappa shape index (κ3) is 4.69. The molecule has 0 bridgehead atoms. The fourth-order valence-electron chi connectivity index (χ4n) is 3.62. The standard InChI is InChI=1S/C24H22ClN3O3S/c1-3-8-32(30,31)28-20-10-15(2)9-17(11-20)23(29)22-14-27-24-21(22)12-18(13-26-24)16-4-6-19(25)7-5-16/h4-7,9-14,28H,3,8H2,1-2H3,(H,26,27). The van der Waals surface area contributed by atoms with E-state index in [1.807, 2.05) is 25.1 Å². The number of sulfonamides is 1. The first-order chi connectivity index (χ1) is 15.3. The third-order valence-electron chi connectivity index (χ3n) is 5.04. The number of aromatic amines is 1. The van der Waals surface area contributed by atoms with Crippen molar-refractivity contribution >= 4 is 44.1 Å². The molecule has 8 heteroatoms. The summed E-state index contributed by atoms with van der Waals surface area (Å²) >= 11 is 5.99. The van der Waals surface area contributed by atoms with Crippen molar-refractivity contribution < 1.29 is 13.2 Å². The zero-order valence-electron chi connectivity index (χ0n) is 17.6. The number of fused-ring (bicyclic) bond motifs is 1. The van der Waals surface area contributed by atoms with Crippen LogP contribution in [0.15, 0.2) is 60.9 Å². The van der Waals surface area contributed by atoms with Crippen LogP contribution in [-0.2, 0) is 10.0 Å². The van der Waals surface area contributed by atoms with Gasteiger partial charge in [-0.1, -0.05) is 30.7 Å². The largest absolute Gasteiger partial charge is 0.345 e. The molecule has 0 saturated heterocycles. The Morgan fingerprint density at radius 1 is 1.09 bits per heavy atom. The number of benzene rings is 2. The minimum atomic E-state index is -3.46. The second kappa shape index (κ2) is 8.76. The fraction of sp³-hybridized carbons (Fsp3) is 0.167. The van der Waals surface area contributed by atoms with Gasteiger partial charge in [0.05, 0.1) is 5.75 Å². The van der Waals surface area contributed by atoms with Gasteiger partial charge in [-0.2, -0.15) is 0 Å². The van der Waals surface area contributed by atoms with Crippen molar-refractivity contribution in [2.75, 3.05) is 10.5 Å². The molecule has 32 heavy (non-hydrogen) atoms. The van der Waals surface area contributed by atoms with E-state index in [0.717, 1.165) is 16.7 Å². The van der Waals surface area contributed by atoms with Gasteiger partial charge < -0.3 is 4.98 Å². The third-order valence-corrected chi connectivity index (χ3v) is 6.78. The van der Waals surface area contributed by atoms with Crippen molar-refractivity contribution in [2.45, 2.75) is 20.3 Å². The van der Waals surface area contributed by atoms with Crippen LogP contribution in [0.2, 0.25) is 5.02 Å². The summed E-state index contributed by atoms with van der Waals surface area (Å²) < 4.78 is 26.9. The number of nitrogens with zero attached hydrogens (tertiary/aromatic N) is 1. The Morgan fingerprint density at radius 3 is 2.56 bits per heavy atom. The van der Waals surface area contributed by atoms with Gasteiger partial charge in [-0.15, -0.1) is 0 Å². The maximum atomic E-state index is 13.4. The van der Waals surface area contributed by atoms with Gasteiger partial charge in [0.15, 0.2) is 5.78 Å². The van der Waals surface area contributed by atoms with Gasteiger partial charge in [-0.05, 0) is 60.9 Å². The number of aryl methyl sites for hydroxylation is 1. The Balaban J connectivity index is 1.72. The number of halogens is 1. The average Bonchev–Trinajstić information content (AvgIpc) is 3.16. The molecule has 2 aromatic carbocycles. The molecule has 0 aliphatic rings. The molecule has 0 amide bonds. The molecule has 0 unspecified atom stereocenters. The van der Waals surface area contributed by atoms with Gasteiger partial charge in [0, 0.05) is 45.2 Å². The smallest absolute Gasteiger partial charge is 0.232 e. The zero-order chi connectivity index (χ0) is 22.9. The zero-order valence-corrected chi connectivity index (χ0v) is 19.2. The Labute approximate surface area is 191 Å².